The standard InChI is InChI=1S/C15H30N2/c1-13-7-4-3-5-11-17(13)12-10-14-8-6-9-15(14)16-2/h13-16H,3-12H2,1-2H3. The molecule has 2 fully saturated rings. The van der Waals surface area contributed by atoms with E-state index < -0.39 is 0 Å². The van der Waals surface area contributed by atoms with Crippen LogP contribution in [0.2, 0.25) is 0 Å². The number of rotatable bonds is 4. The zero-order chi connectivity index (χ0) is 12.1. The van der Waals surface area contributed by atoms with E-state index in [0.29, 0.717) is 0 Å². The van der Waals surface area contributed by atoms with Gasteiger partial charge >= 0.3 is 0 Å². The van der Waals surface area contributed by atoms with Crippen molar-refractivity contribution in [3.8, 4) is 0 Å². The van der Waals surface area contributed by atoms with Crippen molar-refractivity contribution < 1.29 is 0 Å². The molecule has 1 aliphatic carbocycles. The summed E-state index contributed by atoms with van der Waals surface area (Å²) >= 11 is 0. The molecular formula is C15H30N2. The van der Waals surface area contributed by atoms with Gasteiger partial charge in [0.1, 0.15) is 0 Å². The van der Waals surface area contributed by atoms with Crippen LogP contribution in [-0.2, 0) is 0 Å². The molecule has 0 aromatic carbocycles. The van der Waals surface area contributed by atoms with E-state index in [2.05, 4.69) is 24.2 Å². The molecule has 2 rings (SSSR count). The number of hydrogen-bond donors (Lipinski definition) is 1. The maximum atomic E-state index is 3.51. The average Bonchev–Trinajstić information content (AvgIpc) is 2.70. The van der Waals surface area contributed by atoms with E-state index in [0.717, 1.165) is 18.0 Å². The predicted octanol–water partition coefficient (Wildman–Crippen LogP) is 3.03. The van der Waals surface area contributed by atoms with E-state index in [1.807, 2.05) is 0 Å². The minimum atomic E-state index is 0.803. The molecule has 100 valence electrons. The number of likely N-dealkylation sites (tertiary alicyclic amines) is 1. The van der Waals surface area contributed by atoms with Crippen LogP contribution >= 0.6 is 0 Å². The lowest BCUT2D eigenvalue weighted by Gasteiger charge is -2.29. The zero-order valence-electron chi connectivity index (χ0n) is 11.8. The quantitative estimate of drug-likeness (QED) is 0.810. The van der Waals surface area contributed by atoms with Gasteiger partial charge in [-0.05, 0) is 65.1 Å². The second-order valence-electron chi connectivity index (χ2n) is 6.11. The molecule has 3 unspecified atom stereocenters. The van der Waals surface area contributed by atoms with Crippen molar-refractivity contribution in [2.24, 2.45) is 5.92 Å². The summed E-state index contributed by atoms with van der Waals surface area (Å²) in [4.78, 5) is 2.75. The molecule has 1 saturated carbocycles. The normalized spacial score (nSPS) is 36.0. The smallest absolute Gasteiger partial charge is 0.00928 e. The molecule has 0 aromatic heterocycles. The topological polar surface area (TPSA) is 15.3 Å². The summed E-state index contributed by atoms with van der Waals surface area (Å²) in [6, 6.07) is 1.63. The summed E-state index contributed by atoms with van der Waals surface area (Å²) in [5.41, 5.74) is 0. The molecule has 0 spiro atoms. The predicted molar refractivity (Wildman–Crippen MR) is 74.3 cm³/mol. The fourth-order valence-corrected chi connectivity index (χ4v) is 3.76. The van der Waals surface area contributed by atoms with Crippen molar-refractivity contribution in [1.82, 2.24) is 10.2 Å². The highest BCUT2D eigenvalue weighted by molar-refractivity contribution is 4.83. The van der Waals surface area contributed by atoms with E-state index >= 15 is 0 Å². The van der Waals surface area contributed by atoms with Gasteiger partial charge in [0.15, 0.2) is 0 Å². The number of nitrogens with zero attached hydrogens (tertiary/aromatic N) is 1. The number of nitrogens with one attached hydrogen (secondary N) is 1. The Morgan fingerprint density at radius 1 is 1.06 bits per heavy atom. The molecule has 0 radical (unpaired) electrons. The van der Waals surface area contributed by atoms with Crippen molar-refractivity contribution in [3.63, 3.8) is 0 Å². The van der Waals surface area contributed by atoms with E-state index in [-0.39, 0.29) is 0 Å². The third-order valence-corrected chi connectivity index (χ3v) is 5.01. The zero-order valence-corrected chi connectivity index (χ0v) is 11.8. The van der Waals surface area contributed by atoms with Crippen LogP contribution in [0.5, 0.6) is 0 Å². The molecule has 2 aliphatic rings. The minimum Gasteiger partial charge on any atom is -0.317 e. The Labute approximate surface area is 107 Å². The first-order chi connectivity index (χ1) is 8.31. The summed E-state index contributed by atoms with van der Waals surface area (Å²) < 4.78 is 0. The summed E-state index contributed by atoms with van der Waals surface area (Å²) in [5.74, 6) is 0.940. The molecule has 0 amide bonds. The number of hydrogen-bond acceptors (Lipinski definition) is 2. The molecule has 0 aromatic rings. The first-order valence-corrected chi connectivity index (χ1v) is 7.72. The molecule has 3 atom stereocenters. The average molecular weight is 238 g/mol. The van der Waals surface area contributed by atoms with E-state index in [4.69, 9.17) is 0 Å². The summed E-state index contributed by atoms with van der Waals surface area (Å²) in [5, 5.41) is 3.51. The van der Waals surface area contributed by atoms with Crippen molar-refractivity contribution in [2.45, 2.75) is 70.4 Å². The van der Waals surface area contributed by atoms with Gasteiger partial charge in [-0.1, -0.05) is 19.3 Å². The Hall–Kier alpha value is -0.0800. The maximum absolute atomic E-state index is 3.51. The van der Waals surface area contributed by atoms with Crippen molar-refractivity contribution >= 4 is 0 Å². The summed E-state index contributed by atoms with van der Waals surface area (Å²) in [6.07, 6.45) is 11.4. The molecule has 2 heteroatoms. The van der Waals surface area contributed by atoms with Crippen LogP contribution in [-0.4, -0.2) is 37.1 Å². The van der Waals surface area contributed by atoms with Gasteiger partial charge in [0.05, 0.1) is 0 Å². The van der Waals surface area contributed by atoms with E-state index in [9.17, 15) is 0 Å². The van der Waals surface area contributed by atoms with Crippen molar-refractivity contribution in [2.75, 3.05) is 20.1 Å². The van der Waals surface area contributed by atoms with Gasteiger partial charge in [0.2, 0.25) is 0 Å². The van der Waals surface area contributed by atoms with Gasteiger partial charge < -0.3 is 10.2 Å². The Kier molecular flexibility index (Phi) is 5.30. The third kappa shape index (κ3) is 3.69. The van der Waals surface area contributed by atoms with Gasteiger partial charge in [-0.3, -0.25) is 0 Å². The van der Waals surface area contributed by atoms with Gasteiger partial charge in [0, 0.05) is 12.1 Å². The molecule has 1 aliphatic heterocycles. The van der Waals surface area contributed by atoms with Crippen molar-refractivity contribution in [1.29, 1.82) is 0 Å². The SMILES string of the molecule is CNC1CCCC1CCN1CCCCCC1C. The van der Waals surface area contributed by atoms with Gasteiger partial charge in [0.25, 0.3) is 0 Å². The second-order valence-corrected chi connectivity index (χ2v) is 6.11. The fraction of sp³-hybridized carbons (Fsp3) is 1.00. The lowest BCUT2D eigenvalue weighted by molar-refractivity contribution is 0.193. The van der Waals surface area contributed by atoms with Gasteiger partial charge in [-0.2, -0.15) is 0 Å². The Morgan fingerprint density at radius 3 is 2.76 bits per heavy atom. The largest absolute Gasteiger partial charge is 0.317 e. The van der Waals surface area contributed by atoms with Crippen LogP contribution in [0, 0.1) is 5.92 Å². The van der Waals surface area contributed by atoms with E-state index in [1.54, 1.807) is 0 Å². The van der Waals surface area contributed by atoms with E-state index in [1.165, 1.54) is 64.5 Å². The van der Waals surface area contributed by atoms with Crippen LogP contribution in [0.1, 0.15) is 58.3 Å². The molecule has 0 bridgehead atoms. The molecule has 17 heavy (non-hydrogen) atoms. The molecule has 1 heterocycles. The van der Waals surface area contributed by atoms with Gasteiger partial charge in [-0.15, -0.1) is 0 Å². The molecule has 1 N–H and O–H groups in total. The molecule has 2 nitrogen and oxygen atoms in total. The monoisotopic (exact) mass is 238 g/mol. The Balaban J connectivity index is 1.76. The first-order valence-electron chi connectivity index (χ1n) is 7.72. The summed E-state index contributed by atoms with van der Waals surface area (Å²) in [6.45, 7) is 5.11. The Morgan fingerprint density at radius 2 is 1.94 bits per heavy atom. The lowest BCUT2D eigenvalue weighted by Crippen LogP contribution is -2.36. The first kappa shape index (κ1) is 13.4. The summed E-state index contributed by atoms with van der Waals surface area (Å²) in [7, 11) is 2.14. The van der Waals surface area contributed by atoms with Crippen LogP contribution in [0.4, 0.5) is 0 Å². The van der Waals surface area contributed by atoms with Gasteiger partial charge in [-0.25, -0.2) is 0 Å². The highest BCUT2D eigenvalue weighted by Gasteiger charge is 2.26. The maximum Gasteiger partial charge on any atom is 0.00928 e. The fourth-order valence-electron chi connectivity index (χ4n) is 3.76. The molecular weight excluding hydrogens is 208 g/mol. The highest BCUT2D eigenvalue weighted by Crippen LogP contribution is 2.29. The third-order valence-electron chi connectivity index (χ3n) is 5.01. The van der Waals surface area contributed by atoms with Crippen LogP contribution < -0.4 is 5.32 Å². The molecule has 1 saturated heterocycles. The van der Waals surface area contributed by atoms with Crippen LogP contribution in [0.3, 0.4) is 0 Å². The highest BCUT2D eigenvalue weighted by atomic mass is 15.1. The van der Waals surface area contributed by atoms with Crippen LogP contribution in [0.25, 0.3) is 0 Å². The second kappa shape index (κ2) is 6.75. The van der Waals surface area contributed by atoms with Crippen molar-refractivity contribution in [3.05, 3.63) is 0 Å². The minimum absolute atomic E-state index is 0.803. The van der Waals surface area contributed by atoms with Crippen LogP contribution in [0.15, 0.2) is 0 Å². The lowest BCUT2D eigenvalue weighted by atomic mass is 9.99. The Bertz CT molecular complexity index is 217.